The van der Waals surface area contributed by atoms with E-state index < -0.39 is 23.3 Å². The molecule has 2 fully saturated rings. The number of thioether (sulfide) groups is 1. The van der Waals surface area contributed by atoms with Crippen LogP contribution in [0.4, 0.5) is 0 Å². The molecule has 2 heterocycles. The van der Waals surface area contributed by atoms with Crippen LogP contribution in [-0.4, -0.2) is 56.3 Å². The number of amides is 2. The number of carboxylic acids is 1. The van der Waals surface area contributed by atoms with E-state index in [0.29, 0.717) is 31.4 Å². The van der Waals surface area contributed by atoms with Crippen molar-refractivity contribution in [1.82, 2.24) is 10.2 Å². The van der Waals surface area contributed by atoms with Crippen LogP contribution in [0, 0.1) is 0 Å². The van der Waals surface area contributed by atoms with Crippen molar-refractivity contribution in [2.75, 3.05) is 5.75 Å². The summed E-state index contributed by atoms with van der Waals surface area (Å²) in [6, 6.07) is 8.08. The van der Waals surface area contributed by atoms with Crippen LogP contribution in [0.2, 0.25) is 0 Å². The highest BCUT2D eigenvalue weighted by Gasteiger charge is 2.45. The molecule has 1 unspecified atom stereocenters. The number of thiol groups is 1. The molecule has 1 aromatic carbocycles. The molecule has 2 saturated heterocycles. The Balaban J connectivity index is 1.65. The second kappa shape index (κ2) is 8.35. The molecule has 2 aliphatic heterocycles. The molecule has 0 bridgehead atoms. The van der Waals surface area contributed by atoms with Gasteiger partial charge in [0.1, 0.15) is 12.1 Å². The summed E-state index contributed by atoms with van der Waals surface area (Å²) in [4.78, 5) is 38.3. The van der Waals surface area contributed by atoms with Gasteiger partial charge >= 0.3 is 5.97 Å². The third kappa shape index (κ3) is 4.17. The number of rotatable bonds is 5. The molecule has 2 amide bonds. The van der Waals surface area contributed by atoms with Crippen molar-refractivity contribution >= 4 is 42.2 Å². The Kier molecular flexibility index (Phi) is 6.13. The highest BCUT2D eigenvalue weighted by Crippen LogP contribution is 2.35. The van der Waals surface area contributed by atoms with Gasteiger partial charge in [0.25, 0.3) is 0 Å². The molecule has 2 N–H and O–H groups in total. The zero-order valence-corrected chi connectivity index (χ0v) is 15.9. The molecule has 6 nitrogen and oxygen atoms in total. The monoisotopic (exact) mass is 394 g/mol. The molecule has 140 valence electrons. The summed E-state index contributed by atoms with van der Waals surface area (Å²) in [5.41, 5.74) is 0.996. The molecular formula is C18H22N2O4S2. The third-order valence-corrected chi connectivity index (χ3v) is 6.51. The molecule has 2 aliphatic rings. The van der Waals surface area contributed by atoms with Gasteiger partial charge in [0, 0.05) is 0 Å². The Labute approximate surface area is 162 Å². The Morgan fingerprint density at radius 1 is 1.27 bits per heavy atom. The Hall–Kier alpha value is -1.67. The van der Waals surface area contributed by atoms with Gasteiger partial charge in [-0.3, -0.25) is 9.59 Å². The number of nitrogens with zero attached hydrogens (tertiary/aromatic N) is 1. The average Bonchev–Trinajstić information content (AvgIpc) is 2.99. The summed E-state index contributed by atoms with van der Waals surface area (Å²) < 4.78 is 0. The fourth-order valence-corrected chi connectivity index (χ4v) is 5.08. The van der Waals surface area contributed by atoms with Gasteiger partial charge in [0.2, 0.25) is 11.8 Å². The van der Waals surface area contributed by atoms with Crippen LogP contribution < -0.4 is 5.32 Å². The normalized spacial score (nSPS) is 26.7. The summed E-state index contributed by atoms with van der Waals surface area (Å²) in [5, 5.41) is 11.5. The van der Waals surface area contributed by atoms with Crippen LogP contribution in [-0.2, 0) is 20.8 Å². The van der Waals surface area contributed by atoms with Crippen molar-refractivity contribution in [2.45, 2.75) is 48.4 Å². The lowest BCUT2D eigenvalue weighted by atomic mass is 10.1. The number of hydrogen-bond donors (Lipinski definition) is 3. The van der Waals surface area contributed by atoms with Crippen LogP contribution in [0.15, 0.2) is 30.3 Å². The maximum Gasteiger partial charge on any atom is 0.326 e. The molecule has 0 radical (unpaired) electrons. The van der Waals surface area contributed by atoms with Crippen molar-refractivity contribution in [2.24, 2.45) is 0 Å². The minimum atomic E-state index is -0.982. The highest BCUT2D eigenvalue weighted by atomic mass is 32.2. The fourth-order valence-electron chi connectivity index (χ4n) is 3.44. The number of aliphatic carboxylic acids is 1. The standard InChI is InChI=1S/C18H22N2O4S2/c21-16(14(25)10-11-4-2-1-3-5-11)19-12-8-9-26-15-7-6-13(18(23)24)20(15)17(12)22/h1-5,12-15,25H,6-10H2,(H,19,21)(H,23,24)/t12-,13?,14-,15-/m0/s1. The zero-order valence-electron chi connectivity index (χ0n) is 14.2. The minimum Gasteiger partial charge on any atom is -0.480 e. The van der Waals surface area contributed by atoms with Crippen molar-refractivity contribution in [1.29, 1.82) is 0 Å². The van der Waals surface area contributed by atoms with Crippen LogP contribution in [0.25, 0.3) is 0 Å². The Morgan fingerprint density at radius 2 is 2.00 bits per heavy atom. The first-order valence-corrected chi connectivity index (χ1v) is 10.2. The highest BCUT2D eigenvalue weighted by molar-refractivity contribution is 7.99. The van der Waals surface area contributed by atoms with Crippen LogP contribution in [0.1, 0.15) is 24.8 Å². The average molecular weight is 395 g/mol. The number of benzene rings is 1. The van der Waals surface area contributed by atoms with Crippen molar-refractivity contribution in [3.8, 4) is 0 Å². The third-order valence-electron chi connectivity index (χ3n) is 4.78. The molecule has 8 heteroatoms. The summed E-state index contributed by atoms with van der Waals surface area (Å²) in [6.07, 6.45) is 2.11. The number of carboxylic acid groups (broad SMARTS) is 1. The number of nitrogens with one attached hydrogen (secondary N) is 1. The molecule has 4 atom stereocenters. The lowest BCUT2D eigenvalue weighted by Crippen LogP contribution is -2.53. The van der Waals surface area contributed by atoms with Gasteiger partial charge in [-0.1, -0.05) is 30.3 Å². The molecule has 26 heavy (non-hydrogen) atoms. The van der Waals surface area contributed by atoms with E-state index in [-0.39, 0.29) is 17.2 Å². The summed E-state index contributed by atoms with van der Waals surface area (Å²) in [7, 11) is 0. The number of carbonyl (C=O) groups excluding carboxylic acids is 2. The number of hydrogen-bond acceptors (Lipinski definition) is 5. The van der Waals surface area contributed by atoms with E-state index in [1.165, 1.54) is 4.90 Å². The maximum atomic E-state index is 12.9. The Bertz CT molecular complexity index is 685. The van der Waals surface area contributed by atoms with Gasteiger partial charge in [0.05, 0.1) is 10.6 Å². The first kappa shape index (κ1) is 19.1. The summed E-state index contributed by atoms with van der Waals surface area (Å²) >= 11 is 5.97. The quantitative estimate of drug-likeness (QED) is 0.660. The van der Waals surface area contributed by atoms with E-state index in [9.17, 15) is 19.5 Å². The van der Waals surface area contributed by atoms with E-state index >= 15 is 0 Å². The fraction of sp³-hybridized carbons (Fsp3) is 0.500. The van der Waals surface area contributed by atoms with Gasteiger partial charge in [-0.2, -0.15) is 12.6 Å². The van der Waals surface area contributed by atoms with E-state index in [2.05, 4.69) is 17.9 Å². The zero-order chi connectivity index (χ0) is 18.7. The smallest absolute Gasteiger partial charge is 0.326 e. The van der Waals surface area contributed by atoms with Gasteiger partial charge in [-0.15, -0.1) is 11.8 Å². The minimum absolute atomic E-state index is 0.110. The first-order chi connectivity index (χ1) is 12.5. The summed E-state index contributed by atoms with van der Waals surface area (Å²) in [6.45, 7) is 0. The second-order valence-corrected chi connectivity index (χ2v) is 8.47. The van der Waals surface area contributed by atoms with Gasteiger partial charge in [-0.05, 0) is 37.0 Å². The summed E-state index contributed by atoms with van der Waals surface area (Å²) in [5.74, 6) is -0.867. The molecular weight excluding hydrogens is 372 g/mol. The topological polar surface area (TPSA) is 86.7 Å². The SMILES string of the molecule is O=C(O)C1CC[C@@H]2SCC[C@H](NC(=O)[C@@H](S)Cc3ccccc3)C(=O)N12. The van der Waals surface area contributed by atoms with E-state index in [1.807, 2.05) is 30.3 Å². The van der Waals surface area contributed by atoms with Crippen LogP contribution in [0.3, 0.4) is 0 Å². The van der Waals surface area contributed by atoms with Gasteiger partial charge in [-0.25, -0.2) is 4.79 Å². The van der Waals surface area contributed by atoms with Gasteiger partial charge < -0.3 is 15.3 Å². The van der Waals surface area contributed by atoms with E-state index in [0.717, 1.165) is 5.56 Å². The van der Waals surface area contributed by atoms with Crippen LogP contribution in [0.5, 0.6) is 0 Å². The maximum absolute atomic E-state index is 12.9. The van der Waals surface area contributed by atoms with Crippen LogP contribution >= 0.6 is 24.4 Å². The lowest BCUT2D eigenvalue weighted by Gasteiger charge is -2.28. The largest absolute Gasteiger partial charge is 0.480 e. The number of fused-ring (bicyclic) bond motifs is 1. The molecule has 0 aromatic heterocycles. The lowest BCUT2D eigenvalue weighted by molar-refractivity contribution is -0.149. The molecule has 1 aromatic rings. The van der Waals surface area contributed by atoms with Gasteiger partial charge in [0.15, 0.2) is 0 Å². The molecule has 0 spiro atoms. The van der Waals surface area contributed by atoms with Crippen molar-refractivity contribution < 1.29 is 19.5 Å². The predicted molar refractivity (Wildman–Crippen MR) is 103 cm³/mol. The number of carbonyl (C=O) groups is 3. The van der Waals surface area contributed by atoms with E-state index in [4.69, 9.17) is 0 Å². The van der Waals surface area contributed by atoms with E-state index in [1.54, 1.807) is 11.8 Å². The first-order valence-electron chi connectivity index (χ1n) is 8.66. The second-order valence-electron chi connectivity index (χ2n) is 6.56. The predicted octanol–water partition coefficient (Wildman–Crippen LogP) is 1.55. The molecule has 3 rings (SSSR count). The van der Waals surface area contributed by atoms with Crippen molar-refractivity contribution in [3.63, 3.8) is 0 Å². The molecule has 0 saturated carbocycles. The van der Waals surface area contributed by atoms with Crippen molar-refractivity contribution in [3.05, 3.63) is 35.9 Å². The molecule has 0 aliphatic carbocycles. The Morgan fingerprint density at radius 3 is 2.69 bits per heavy atom.